The number of hydrogen-bond acceptors (Lipinski definition) is 0. The summed E-state index contributed by atoms with van der Waals surface area (Å²) in [5.41, 5.74) is 12.8. The van der Waals surface area contributed by atoms with Gasteiger partial charge in [-0.3, -0.25) is 0 Å². The Labute approximate surface area is 301 Å². The van der Waals surface area contributed by atoms with Gasteiger partial charge in [-0.15, -0.1) is 0 Å². The van der Waals surface area contributed by atoms with Crippen molar-refractivity contribution in [2.45, 2.75) is 27.7 Å². The van der Waals surface area contributed by atoms with Crippen molar-refractivity contribution in [3.05, 3.63) is 213 Å². The molecule has 0 aromatic carbocycles. The number of rotatable bonds is 4. The van der Waals surface area contributed by atoms with Crippen LogP contribution in [-0.2, 0) is 0 Å². The van der Waals surface area contributed by atoms with Gasteiger partial charge in [0.05, 0.1) is 0 Å². The predicted molar refractivity (Wildman–Crippen MR) is 199 cm³/mol. The largest absolute Gasteiger partial charge is 0.345 e. The van der Waals surface area contributed by atoms with Crippen LogP contribution in [0.4, 0.5) is 0 Å². The Morgan fingerprint density at radius 3 is 0.692 bits per heavy atom. The van der Waals surface area contributed by atoms with E-state index < -0.39 is 0 Å². The molecule has 8 aromatic rings. The maximum Gasteiger partial charge on any atom is 0.257 e. The van der Waals surface area contributed by atoms with Gasteiger partial charge >= 0.3 is 0 Å². The van der Waals surface area contributed by atoms with E-state index in [9.17, 15) is 0 Å². The van der Waals surface area contributed by atoms with Gasteiger partial charge in [0.1, 0.15) is 44.2 Å². The Hall–Kier alpha value is -6.80. The number of pyridine rings is 4. The van der Waals surface area contributed by atoms with Gasteiger partial charge in [-0.25, -0.2) is 0 Å². The quantitative estimate of drug-likeness (QED) is 0.207. The van der Waals surface area contributed by atoms with Crippen LogP contribution in [0.25, 0.3) is 22.8 Å². The van der Waals surface area contributed by atoms with Crippen molar-refractivity contribution >= 4 is 22.8 Å². The Balaban J connectivity index is 1.43. The molecule has 0 amide bonds. The van der Waals surface area contributed by atoms with E-state index in [-0.39, 0.29) is 0 Å². The Morgan fingerprint density at radius 1 is 0.269 bits per heavy atom. The third kappa shape index (κ3) is 5.60. The molecule has 252 valence electrons. The first-order chi connectivity index (χ1) is 25.4. The highest BCUT2D eigenvalue weighted by molar-refractivity contribution is 5.64. The molecule has 0 unspecified atom stereocenters. The predicted octanol–water partition coefficient (Wildman–Crippen LogP) is 2.52. The van der Waals surface area contributed by atoms with Gasteiger partial charge in [-0.2, -0.15) is 18.3 Å². The second kappa shape index (κ2) is 12.5. The fraction of sp³-hybridized carbons (Fsp3) is 0.0909. The van der Waals surface area contributed by atoms with Crippen molar-refractivity contribution < 1.29 is 18.3 Å². The molecule has 0 fully saturated rings. The number of H-pyrrole nitrogens is 4. The van der Waals surface area contributed by atoms with E-state index in [1.807, 2.05) is 0 Å². The molecule has 0 radical (unpaired) electrons. The number of hydrogen-bond donors (Lipinski definition) is 4. The monoisotopic (exact) mass is 680 g/mol. The van der Waals surface area contributed by atoms with Crippen molar-refractivity contribution in [2.24, 2.45) is 0 Å². The van der Waals surface area contributed by atoms with Crippen LogP contribution in [0.1, 0.15) is 45.0 Å². The lowest BCUT2D eigenvalue weighted by atomic mass is 10.2. The van der Waals surface area contributed by atoms with E-state index in [4.69, 9.17) is 0 Å². The van der Waals surface area contributed by atoms with Crippen molar-refractivity contribution in [1.29, 1.82) is 0 Å². The number of fused-ring (bicyclic) bond motifs is 8. The highest BCUT2D eigenvalue weighted by atomic mass is 15.0. The summed E-state index contributed by atoms with van der Waals surface area (Å²) in [6.07, 6.45) is 17.0. The summed E-state index contributed by atoms with van der Waals surface area (Å²) in [6, 6.07) is 34.5. The fourth-order valence-corrected chi connectivity index (χ4v) is 6.98. The highest BCUT2D eigenvalue weighted by Crippen LogP contribution is 2.16. The summed E-state index contributed by atoms with van der Waals surface area (Å²) in [7, 11) is 0. The van der Waals surface area contributed by atoms with Crippen LogP contribution in [0.3, 0.4) is 0 Å². The van der Waals surface area contributed by atoms with E-state index in [1.165, 1.54) is 22.3 Å². The standard InChI is InChI=1S/C44H40N8/c1-29-13-21-49(22-14-29)41-33-5-7-35(45-33)42(50-23-15-30(2)16-24-50)37-9-11-39(47-37)44(52-27-19-32(4)20-28-52)40-12-10-38(48-40)43(36-8-6-34(41)46-36)51-25-17-31(3)18-26-51/h5-28,45-48H,1-4H3/q+4. The SMILES string of the molecule is Cc1cc[n+](C2=c3ccc([nH]3)=C([n+]3ccc(C)cc3)c3ccc([nH]3)C([n+]3ccc(C)cc3)=c3ccc([nH]3)=C([n+]3ccc(C)cc3)c3ccc2[nH]3)cc1. The molecule has 8 bridgehead atoms. The fourth-order valence-electron chi connectivity index (χ4n) is 6.98. The minimum Gasteiger partial charge on any atom is -0.345 e. The summed E-state index contributed by atoms with van der Waals surface area (Å²) in [5, 5.41) is 3.93. The molecule has 9 rings (SSSR count). The molecule has 0 saturated carbocycles. The van der Waals surface area contributed by atoms with Crippen LogP contribution < -0.4 is 39.7 Å². The molecule has 9 heterocycles. The summed E-state index contributed by atoms with van der Waals surface area (Å²) < 4.78 is 8.72. The lowest BCUT2D eigenvalue weighted by molar-refractivity contribution is -0.580. The lowest BCUT2D eigenvalue weighted by Crippen LogP contribution is -2.41. The zero-order valence-corrected chi connectivity index (χ0v) is 29.6. The van der Waals surface area contributed by atoms with Crippen molar-refractivity contribution in [1.82, 2.24) is 19.9 Å². The first kappa shape index (κ1) is 31.2. The third-order valence-electron chi connectivity index (χ3n) is 9.80. The molecule has 8 nitrogen and oxygen atoms in total. The van der Waals surface area contributed by atoms with Crippen LogP contribution in [0, 0.1) is 27.7 Å². The first-order valence-corrected chi connectivity index (χ1v) is 17.6. The van der Waals surface area contributed by atoms with Gasteiger partial charge in [0.2, 0.25) is 0 Å². The summed E-state index contributed by atoms with van der Waals surface area (Å²) in [5.74, 6) is 0. The van der Waals surface area contributed by atoms with Crippen molar-refractivity contribution in [2.75, 3.05) is 0 Å². The number of aryl methyl sites for hydroxylation is 4. The molecule has 0 aliphatic carbocycles. The zero-order valence-electron chi connectivity index (χ0n) is 29.6. The lowest BCUT2D eigenvalue weighted by Gasteiger charge is -2.03. The van der Waals surface area contributed by atoms with Gasteiger partial charge in [-0.05, 0) is 98.5 Å². The molecule has 8 heteroatoms. The highest BCUT2D eigenvalue weighted by Gasteiger charge is 2.26. The molecule has 1 aliphatic rings. The Bertz CT molecular complexity index is 2460. The first-order valence-electron chi connectivity index (χ1n) is 17.6. The minimum atomic E-state index is 0.982. The van der Waals surface area contributed by atoms with Crippen LogP contribution in [0.5, 0.6) is 0 Å². The van der Waals surface area contributed by atoms with Gasteiger partial charge in [0.15, 0.2) is 49.6 Å². The van der Waals surface area contributed by atoms with Crippen LogP contribution in [-0.4, -0.2) is 19.9 Å². The van der Waals surface area contributed by atoms with Crippen LogP contribution >= 0.6 is 0 Å². The number of nitrogens with zero attached hydrogens (tertiary/aromatic N) is 4. The average molecular weight is 681 g/mol. The van der Waals surface area contributed by atoms with E-state index in [2.05, 4.69) is 213 Å². The number of aromatic amines is 4. The van der Waals surface area contributed by atoms with Gasteiger partial charge in [0.25, 0.3) is 22.8 Å². The summed E-state index contributed by atoms with van der Waals surface area (Å²) in [4.78, 5) is 15.3. The second-order valence-corrected chi connectivity index (χ2v) is 13.7. The molecule has 0 saturated heterocycles. The van der Waals surface area contributed by atoms with E-state index in [0.717, 1.165) is 67.0 Å². The molecule has 1 aliphatic heterocycles. The summed E-state index contributed by atoms with van der Waals surface area (Å²) in [6.45, 7) is 8.46. The molecule has 0 spiro atoms. The summed E-state index contributed by atoms with van der Waals surface area (Å²) >= 11 is 0. The number of aromatic nitrogens is 8. The van der Waals surface area contributed by atoms with Gasteiger partial charge in [0, 0.05) is 48.5 Å². The van der Waals surface area contributed by atoms with E-state index in [0.29, 0.717) is 0 Å². The van der Waals surface area contributed by atoms with Crippen LogP contribution in [0.15, 0.2) is 147 Å². The number of nitrogens with one attached hydrogen (secondary N) is 4. The molecule has 52 heavy (non-hydrogen) atoms. The molecular weight excluding hydrogens is 641 g/mol. The Morgan fingerprint density at radius 2 is 0.481 bits per heavy atom. The maximum absolute atomic E-state index is 3.83. The maximum atomic E-state index is 3.83. The van der Waals surface area contributed by atoms with Crippen molar-refractivity contribution in [3.63, 3.8) is 0 Å². The van der Waals surface area contributed by atoms with Crippen LogP contribution in [0.2, 0.25) is 0 Å². The van der Waals surface area contributed by atoms with Gasteiger partial charge < -0.3 is 19.9 Å². The van der Waals surface area contributed by atoms with E-state index >= 15 is 0 Å². The smallest absolute Gasteiger partial charge is 0.257 e. The molecule has 0 atom stereocenters. The molecule has 8 aromatic heterocycles. The minimum absolute atomic E-state index is 0.982. The second-order valence-electron chi connectivity index (χ2n) is 13.7. The van der Waals surface area contributed by atoms with Crippen molar-refractivity contribution in [3.8, 4) is 0 Å². The zero-order chi connectivity index (χ0) is 35.3. The third-order valence-corrected chi connectivity index (χ3v) is 9.80. The topological polar surface area (TPSA) is 78.7 Å². The Kier molecular flexibility index (Phi) is 7.51. The average Bonchev–Trinajstić information content (AvgIpc) is 3.99. The van der Waals surface area contributed by atoms with Gasteiger partial charge in [-0.1, -0.05) is 0 Å². The normalized spacial score (nSPS) is 12.8. The molecular formula is C44H40N8+4. The van der Waals surface area contributed by atoms with E-state index in [1.54, 1.807) is 0 Å². The molecule has 4 N–H and O–H groups in total.